The van der Waals surface area contributed by atoms with Gasteiger partial charge in [0.25, 0.3) is 0 Å². The maximum Gasteiger partial charge on any atom is 0.387 e. The zero-order chi connectivity index (χ0) is 17.2. The number of nitrogens with one attached hydrogen (secondary N) is 2. The Morgan fingerprint density at radius 2 is 2.08 bits per heavy atom. The standard InChI is InChI=1S/C17H25F2N3O2/c1-20-17(21-9-4-10-23-12-13-7-8-13)22-11-14-5-2-3-6-15(14)24-16(18)19/h2-3,5-6,13,16H,4,7-12H2,1H3,(H2,20,21,22). The molecule has 0 radical (unpaired) electrons. The number of rotatable bonds is 10. The van der Waals surface area contributed by atoms with Gasteiger partial charge in [0.05, 0.1) is 0 Å². The van der Waals surface area contributed by atoms with E-state index < -0.39 is 6.61 Å². The average molecular weight is 341 g/mol. The van der Waals surface area contributed by atoms with E-state index in [1.807, 2.05) is 0 Å². The fourth-order valence-corrected chi connectivity index (χ4v) is 2.18. The molecule has 0 spiro atoms. The van der Waals surface area contributed by atoms with E-state index in [1.54, 1.807) is 25.2 Å². The third-order valence-electron chi connectivity index (χ3n) is 3.67. The molecule has 1 aliphatic carbocycles. The van der Waals surface area contributed by atoms with Crippen LogP contribution in [0.4, 0.5) is 8.78 Å². The SMILES string of the molecule is CN=C(NCCCOCC1CC1)NCc1ccccc1OC(F)F. The minimum absolute atomic E-state index is 0.170. The molecule has 1 aromatic carbocycles. The van der Waals surface area contributed by atoms with Crippen LogP contribution < -0.4 is 15.4 Å². The van der Waals surface area contributed by atoms with Crippen LogP contribution in [0.2, 0.25) is 0 Å². The monoisotopic (exact) mass is 341 g/mol. The summed E-state index contributed by atoms with van der Waals surface area (Å²) in [4.78, 5) is 4.11. The van der Waals surface area contributed by atoms with Gasteiger partial charge < -0.3 is 20.1 Å². The van der Waals surface area contributed by atoms with Crippen molar-refractivity contribution >= 4 is 5.96 Å². The molecule has 0 bridgehead atoms. The van der Waals surface area contributed by atoms with E-state index in [1.165, 1.54) is 18.9 Å². The molecule has 24 heavy (non-hydrogen) atoms. The van der Waals surface area contributed by atoms with E-state index in [-0.39, 0.29) is 5.75 Å². The number of ether oxygens (including phenoxy) is 2. The first kappa shape index (κ1) is 18.4. The Kier molecular flexibility index (Phi) is 7.74. The predicted octanol–water partition coefficient (Wildman–Crippen LogP) is 2.77. The maximum atomic E-state index is 12.4. The molecule has 5 nitrogen and oxygen atoms in total. The molecule has 1 fully saturated rings. The van der Waals surface area contributed by atoms with Crippen LogP contribution in [0.3, 0.4) is 0 Å². The molecule has 0 atom stereocenters. The van der Waals surface area contributed by atoms with Gasteiger partial charge in [-0.15, -0.1) is 0 Å². The number of nitrogens with zero attached hydrogens (tertiary/aromatic N) is 1. The van der Waals surface area contributed by atoms with Crippen molar-refractivity contribution < 1.29 is 18.3 Å². The second kappa shape index (κ2) is 10.1. The van der Waals surface area contributed by atoms with Crippen LogP contribution in [0.1, 0.15) is 24.8 Å². The van der Waals surface area contributed by atoms with Crippen molar-refractivity contribution in [3.8, 4) is 5.75 Å². The number of aliphatic imine (C=N–C) groups is 1. The van der Waals surface area contributed by atoms with Gasteiger partial charge in [-0.05, 0) is 31.2 Å². The van der Waals surface area contributed by atoms with Gasteiger partial charge in [-0.25, -0.2) is 0 Å². The smallest absolute Gasteiger partial charge is 0.387 e. The normalized spacial score (nSPS) is 14.8. The molecular weight excluding hydrogens is 316 g/mol. The van der Waals surface area contributed by atoms with Gasteiger partial charge in [-0.3, -0.25) is 4.99 Å². The molecule has 1 saturated carbocycles. The first-order chi connectivity index (χ1) is 11.7. The van der Waals surface area contributed by atoms with Crippen LogP contribution in [-0.4, -0.2) is 39.4 Å². The van der Waals surface area contributed by atoms with Crippen LogP contribution in [-0.2, 0) is 11.3 Å². The van der Waals surface area contributed by atoms with Gasteiger partial charge in [0.15, 0.2) is 5.96 Å². The van der Waals surface area contributed by atoms with Crippen molar-refractivity contribution in [1.82, 2.24) is 10.6 Å². The van der Waals surface area contributed by atoms with Crippen molar-refractivity contribution in [3.63, 3.8) is 0 Å². The van der Waals surface area contributed by atoms with Crippen LogP contribution in [0.15, 0.2) is 29.3 Å². The van der Waals surface area contributed by atoms with Crippen molar-refractivity contribution in [2.45, 2.75) is 32.4 Å². The maximum absolute atomic E-state index is 12.4. The van der Waals surface area contributed by atoms with E-state index in [2.05, 4.69) is 20.4 Å². The molecule has 0 aliphatic heterocycles. The summed E-state index contributed by atoms with van der Waals surface area (Å²) in [6, 6.07) is 6.71. The summed E-state index contributed by atoms with van der Waals surface area (Å²) >= 11 is 0. The number of alkyl halides is 2. The molecule has 1 aliphatic rings. The molecule has 0 saturated heterocycles. The summed E-state index contributed by atoms with van der Waals surface area (Å²) in [5.74, 6) is 1.57. The largest absolute Gasteiger partial charge is 0.434 e. The third kappa shape index (κ3) is 7.12. The molecule has 7 heteroatoms. The van der Waals surface area contributed by atoms with Crippen molar-refractivity contribution in [2.75, 3.05) is 26.8 Å². The third-order valence-corrected chi connectivity index (χ3v) is 3.67. The topological polar surface area (TPSA) is 54.9 Å². The second-order valence-electron chi connectivity index (χ2n) is 5.71. The lowest BCUT2D eigenvalue weighted by Gasteiger charge is -2.14. The Morgan fingerprint density at radius 1 is 1.29 bits per heavy atom. The average Bonchev–Trinajstić information content (AvgIpc) is 3.38. The lowest BCUT2D eigenvalue weighted by Crippen LogP contribution is -2.37. The van der Waals surface area contributed by atoms with Crippen LogP contribution >= 0.6 is 0 Å². The quantitative estimate of drug-likeness (QED) is 0.390. The Bertz CT molecular complexity index is 522. The molecular formula is C17H25F2N3O2. The first-order valence-electron chi connectivity index (χ1n) is 8.24. The van der Waals surface area contributed by atoms with E-state index in [0.717, 1.165) is 32.1 Å². The highest BCUT2D eigenvalue weighted by atomic mass is 19.3. The van der Waals surface area contributed by atoms with Gasteiger partial charge in [0, 0.05) is 38.9 Å². The van der Waals surface area contributed by atoms with Crippen molar-refractivity contribution in [1.29, 1.82) is 0 Å². The van der Waals surface area contributed by atoms with E-state index >= 15 is 0 Å². The first-order valence-corrected chi connectivity index (χ1v) is 8.24. The van der Waals surface area contributed by atoms with E-state index in [0.29, 0.717) is 18.1 Å². The number of para-hydroxylation sites is 1. The predicted molar refractivity (Wildman–Crippen MR) is 89.4 cm³/mol. The summed E-state index contributed by atoms with van der Waals surface area (Å²) in [7, 11) is 1.67. The van der Waals surface area contributed by atoms with E-state index in [9.17, 15) is 8.78 Å². The minimum Gasteiger partial charge on any atom is -0.434 e. The molecule has 2 rings (SSSR count). The van der Waals surface area contributed by atoms with Crippen LogP contribution in [0.5, 0.6) is 5.75 Å². The molecule has 134 valence electrons. The van der Waals surface area contributed by atoms with Gasteiger partial charge in [-0.2, -0.15) is 8.78 Å². The Labute approximate surface area is 141 Å². The minimum atomic E-state index is -2.83. The zero-order valence-corrected chi connectivity index (χ0v) is 13.9. The Morgan fingerprint density at radius 3 is 2.79 bits per heavy atom. The second-order valence-corrected chi connectivity index (χ2v) is 5.71. The summed E-state index contributed by atoms with van der Waals surface area (Å²) in [5.41, 5.74) is 0.647. The highest BCUT2D eigenvalue weighted by Gasteiger charge is 2.20. The van der Waals surface area contributed by atoms with Crippen LogP contribution in [0.25, 0.3) is 0 Å². The molecule has 0 amide bonds. The van der Waals surface area contributed by atoms with E-state index in [4.69, 9.17) is 4.74 Å². The Balaban J connectivity index is 1.67. The summed E-state index contributed by atoms with van der Waals surface area (Å²) in [6.07, 6.45) is 3.48. The molecule has 0 unspecified atom stereocenters. The van der Waals surface area contributed by atoms with Gasteiger partial charge in [0.1, 0.15) is 5.75 Å². The van der Waals surface area contributed by atoms with Crippen molar-refractivity contribution in [3.05, 3.63) is 29.8 Å². The molecule has 2 N–H and O–H groups in total. The lowest BCUT2D eigenvalue weighted by atomic mass is 10.2. The Hall–Kier alpha value is -1.89. The number of guanidine groups is 1. The summed E-state index contributed by atoms with van der Waals surface area (Å²) < 4.78 is 34.9. The highest BCUT2D eigenvalue weighted by molar-refractivity contribution is 5.79. The molecule has 1 aromatic rings. The fraction of sp³-hybridized carbons (Fsp3) is 0.588. The number of halogens is 2. The number of hydrogen-bond donors (Lipinski definition) is 2. The highest BCUT2D eigenvalue weighted by Crippen LogP contribution is 2.28. The molecule has 0 heterocycles. The number of benzene rings is 1. The van der Waals surface area contributed by atoms with Crippen molar-refractivity contribution in [2.24, 2.45) is 10.9 Å². The molecule has 0 aromatic heterocycles. The lowest BCUT2D eigenvalue weighted by molar-refractivity contribution is -0.0504. The fourth-order valence-electron chi connectivity index (χ4n) is 2.18. The van der Waals surface area contributed by atoms with Gasteiger partial charge >= 0.3 is 6.61 Å². The van der Waals surface area contributed by atoms with Gasteiger partial charge in [-0.1, -0.05) is 18.2 Å². The van der Waals surface area contributed by atoms with Gasteiger partial charge in [0.2, 0.25) is 0 Å². The number of hydrogen-bond acceptors (Lipinski definition) is 3. The zero-order valence-electron chi connectivity index (χ0n) is 13.9. The summed E-state index contributed by atoms with van der Waals surface area (Å²) in [6.45, 7) is -0.154. The van der Waals surface area contributed by atoms with Crippen LogP contribution in [0, 0.1) is 5.92 Å². The summed E-state index contributed by atoms with van der Waals surface area (Å²) in [5, 5.41) is 6.27.